The molecule has 1 saturated heterocycles. The summed E-state index contributed by atoms with van der Waals surface area (Å²) in [6, 6.07) is 9.62. The van der Waals surface area contributed by atoms with Crippen LogP contribution in [0.15, 0.2) is 54.4 Å². The average molecular weight is 382 g/mol. The highest BCUT2D eigenvalue weighted by Crippen LogP contribution is 2.40. The molecule has 28 heavy (non-hydrogen) atoms. The standard InChI is InChI=1S/C21H22N2O5/c1-27-12-4-11-23-18(15-5-3-6-16(13-15)28-2)17(20(25)21(23)26)19(24)14-7-9-22-10-8-14/h3,5-10,13,18,24H,4,11-12H2,1-2H3. The monoisotopic (exact) mass is 382 g/mol. The number of aliphatic hydroxyl groups is 1. The maximum Gasteiger partial charge on any atom is 0.295 e. The fraction of sp³-hybridized carbons (Fsp3) is 0.286. The van der Waals surface area contributed by atoms with E-state index in [2.05, 4.69) is 4.98 Å². The van der Waals surface area contributed by atoms with Crippen LogP contribution in [-0.2, 0) is 14.3 Å². The Balaban J connectivity index is 2.12. The van der Waals surface area contributed by atoms with E-state index in [1.54, 1.807) is 44.6 Å². The predicted octanol–water partition coefficient (Wildman–Crippen LogP) is 2.55. The van der Waals surface area contributed by atoms with Gasteiger partial charge in [0.2, 0.25) is 0 Å². The molecule has 0 radical (unpaired) electrons. The van der Waals surface area contributed by atoms with Crippen LogP contribution < -0.4 is 4.74 Å². The third kappa shape index (κ3) is 3.75. The molecule has 0 bridgehead atoms. The Morgan fingerprint density at radius 2 is 1.93 bits per heavy atom. The van der Waals surface area contributed by atoms with Crippen molar-refractivity contribution in [3.63, 3.8) is 0 Å². The van der Waals surface area contributed by atoms with E-state index in [-0.39, 0.29) is 11.3 Å². The van der Waals surface area contributed by atoms with E-state index >= 15 is 0 Å². The van der Waals surface area contributed by atoms with Gasteiger partial charge in [0.25, 0.3) is 11.7 Å². The molecule has 1 aromatic carbocycles. The van der Waals surface area contributed by atoms with Crippen molar-refractivity contribution >= 4 is 17.4 Å². The summed E-state index contributed by atoms with van der Waals surface area (Å²) >= 11 is 0. The molecule has 2 aromatic rings. The van der Waals surface area contributed by atoms with Crippen LogP contribution in [0, 0.1) is 0 Å². The highest BCUT2D eigenvalue weighted by Gasteiger charge is 2.45. The van der Waals surface area contributed by atoms with Crippen LogP contribution in [0.3, 0.4) is 0 Å². The van der Waals surface area contributed by atoms with Gasteiger partial charge in [0.05, 0.1) is 18.7 Å². The number of aliphatic hydroxyl groups excluding tert-OH is 1. The minimum atomic E-state index is -0.709. The van der Waals surface area contributed by atoms with Crippen molar-refractivity contribution in [1.29, 1.82) is 0 Å². The molecule has 0 saturated carbocycles. The van der Waals surface area contributed by atoms with E-state index in [1.807, 2.05) is 6.07 Å². The lowest BCUT2D eigenvalue weighted by molar-refractivity contribution is -0.140. The molecule has 1 aliphatic rings. The summed E-state index contributed by atoms with van der Waals surface area (Å²) < 4.78 is 10.4. The van der Waals surface area contributed by atoms with Crippen LogP contribution >= 0.6 is 0 Å². The number of likely N-dealkylation sites (tertiary alicyclic amines) is 1. The number of ketones is 1. The van der Waals surface area contributed by atoms with Crippen molar-refractivity contribution in [3.8, 4) is 5.75 Å². The second-order valence-corrected chi connectivity index (χ2v) is 6.35. The Morgan fingerprint density at radius 1 is 1.18 bits per heavy atom. The number of ether oxygens (including phenoxy) is 2. The first kappa shape index (κ1) is 19.6. The van der Waals surface area contributed by atoms with Gasteiger partial charge in [-0.25, -0.2) is 0 Å². The smallest absolute Gasteiger partial charge is 0.295 e. The molecule has 1 aliphatic heterocycles. The van der Waals surface area contributed by atoms with Gasteiger partial charge in [-0.2, -0.15) is 0 Å². The van der Waals surface area contributed by atoms with E-state index < -0.39 is 17.7 Å². The highest BCUT2D eigenvalue weighted by atomic mass is 16.5. The molecule has 146 valence electrons. The minimum absolute atomic E-state index is 0.0573. The third-order valence-corrected chi connectivity index (χ3v) is 4.65. The Morgan fingerprint density at radius 3 is 2.61 bits per heavy atom. The topological polar surface area (TPSA) is 89.0 Å². The van der Waals surface area contributed by atoms with E-state index in [0.717, 1.165) is 0 Å². The molecule has 0 spiro atoms. The predicted molar refractivity (Wildman–Crippen MR) is 103 cm³/mol. The Bertz CT molecular complexity index is 895. The molecule has 7 heteroatoms. The molecule has 1 atom stereocenters. The minimum Gasteiger partial charge on any atom is -0.507 e. The summed E-state index contributed by atoms with van der Waals surface area (Å²) in [6.45, 7) is 0.783. The summed E-state index contributed by atoms with van der Waals surface area (Å²) in [4.78, 5) is 30.9. The number of hydrogen-bond acceptors (Lipinski definition) is 6. The first-order chi connectivity index (χ1) is 13.6. The van der Waals surface area contributed by atoms with E-state index in [0.29, 0.717) is 36.4 Å². The summed E-state index contributed by atoms with van der Waals surface area (Å²) in [5.74, 6) is -0.967. The number of Topliss-reactive ketones (excluding diaryl/α,β-unsaturated/α-hetero) is 1. The zero-order valence-electron chi connectivity index (χ0n) is 15.8. The molecule has 1 fully saturated rings. The lowest BCUT2D eigenvalue weighted by Gasteiger charge is -2.25. The molecule has 7 nitrogen and oxygen atoms in total. The van der Waals surface area contributed by atoms with Gasteiger partial charge in [-0.1, -0.05) is 12.1 Å². The van der Waals surface area contributed by atoms with Crippen LogP contribution in [0.1, 0.15) is 23.6 Å². The summed E-state index contributed by atoms with van der Waals surface area (Å²) in [5.41, 5.74) is 1.17. The Labute approximate surface area is 163 Å². The fourth-order valence-corrected chi connectivity index (χ4v) is 3.31. The van der Waals surface area contributed by atoms with Gasteiger partial charge in [0.1, 0.15) is 11.5 Å². The number of aromatic nitrogens is 1. The molecule has 3 rings (SSSR count). The van der Waals surface area contributed by atoms with Crippen molar-refractivity contribution in [3.05, 3.63) is 65.5 Å². The maximum atomic E-state index is 12.8. The van der Waals surface area contributed by atoms with Gasteiger partial charge >= 0.3 is 0 Å². The molecule has 1 N–H and O–H groups in total. The van der Waals surface area contributed by atoms with Gasteiger partial charge in [-0.15, -0.1) is 0 Å². The quantitative estimate of drug-likeness (QED) is 0.343. The van der Waals surface area contributed by atoms with E-state index in [4.69, 9.17) is 9.47 Å². The number of methoxy groups -OCH3 is 2. The summed E-state index contributed by atoms with van der Waals surface area (Å²) in [6.07, 6.45) is 3.60. The van der Waals surface area contributed by atoms with Crippen molar-refractivity contribution in [2.75, 3.05) is 27.4 Å². The summed E-state index contributed by atoms with van der Waals surface area (Å²) in [7, 11) is 3.13. The van der Waals surface area contributed by atoms with Gasteiger partial charge in [-0.05, 0) is 36.2 Å². The third-order valence-electron chi connectivity index (χ3n) is 4.65. The fourth-order valence-electron chi connectivity index (χ4n) is 3.31. The Kier molecular flexibility index (Phi) is 6.06. The number of carbonyl (C=O) groups is 2. The SMILES string of the molecule is COCCCN1C(=O)C(=O)C(=C(O)c2ccncc2)C1c1cccc(OC)c1. The van der Waals surface area contributed by atoms with Crippen LogP contribution in [0.4, 0.5) is 0 Å². The van der Waals surface area contributed by atoms with Crippen molar-refractivity contribution in [2.24, 2.45) is 0 Å². The molecule has 0 aliphatic carbocycles. The second-order valence-electron chi connectivity index (χ2n) is 6.35. The first-order valence-electron chi connectivity index (χ1n) is 8.90. The van der Waals surface area contributed by atoms with Crippen LogP contribution in [0.5, 0.6) is 5.75 Å². The van der Waals surface area contributed by atoms with Crippen LogP contribution in [-0.4, -0.2) is 54.1 Å². The molecule has 1 aromatic heterocycles. The lowest BCUT2D eigenvalue weighted by Crippen LogP contribution is -2.31. The van der Waals surface area contributed by atoms with E-state index in [1.165, 1.54) is 17.3 Å². The van der Waals surface area contributed by atoms with Gasteiger partial charge in [0.15, 0.2) is 0 Å². The average Bonchev–Trinajstić information content (AvgIpc) is 2.99. The Hall–Kier alpha value is -3.19. The van der Waals surface area contributed by atoms with Crippen LogP contribution in [0.25, 0.3) is 5.76 Å². The number of pyridine rings is 1. The summed E-state index contributed by atoms with van der Waals surface area (Å²) in [5, 5.41) is 10.9. The van der Waals surface area contributed by atoms with Crippen molar-refractivity contribution in [1.82, 2.24) is 9.88 Å². The zero-order valence-corrected chi connectivity index (χ0v) is 15.8. The maximum absolute atomic E-state index is 12.8. The van der Waals surface area contributed by atoms with Gasteiger partial charge in [-0.3, -0.25) is 14.6 Å². The number of hydrogen-bond donors (Lipinski definition) is 1. The molecule has 1 amide bonds. The number of carbonyl (C=O) groups excluding carboxylic acids is 2. The van der Waals surface area contributed by atoms with Crippen molar-refractivity contribution in [2.45, 2.75) is 12.5 Å². The zero-order chi connectivity index (χ0) is 20.1. The van der Waals surface area contributed by atoms with Gasteiger partial charge in [0, 0.05) is 38.2 Å². The molecule has 2 heterocycles. The first-order valence-corrected chi connectivity index (χ1v) is 8.90. The van der Waals surface area contributed by atoms with Gasteiger partial charge < -0.3 is 19.5 Å². The van der Waals surface area contributed by atoms with E-state index in [9.17, 15) is 14.7 Å². The largest absolute Gasteiger partial charge is 0.507 e. The number of benzene rings is 1. The molecular formula is C21H22N2O5. The molecule has 1 unspecified atom stereocenters. The number of rotatable bonds is 7. The van der Waals surface area contributed by atoms with Crippen LogP contribution in [0.2, 0.25) is 0 Å². The normalized spacial score (nSPS) is 18.5. The number of nitrogens with zero attached hydrogens (tertiary/aromatic N) is 2. The lowest BCUT2D eigenvalue weighted by atomic mass is 9.95. The molecular weight excluding hydrogens is 360 g/mol. The number of amides is 1. The highest BCUT2D eigenvalue weighted by molar-refractivity contribution is 6.46. The van der Waals surface area contributed by atoms with Crippen molar-refractivity contribution < 1.29 is 24.2 Å². The second kappa shape index (κ2) is 8.67.